The zero-order chi connectivity index (χ0) is 22.9. The Morgan fingerprint density at radius 1 is 1.09 bits per heavy atom. The Morgan fingerprint density at radius 2 is 1.78 bits per heavy atom. The van der Waals surface area contributed by atoms with E-state index in [0.717, 1.165) is 32.7 Å². The predicted molar refractivity (Wildman–Crippen MR) is 124 cm³/mol. The third-order valence-corrected chi connectivity index (χ3v) is 7.65. The molecule has 1 aliphatic rings. The minimum absolute atomic E-state index is 0.00135. The first-order valence-electron chi connectivity index (χ1n) is 10.3. The molecule has 0 aliphatic carbocycles. The number of halogens is 1. The Labute approximate surface area is 191 Å². The summed E-state index contributed by atoms with van der Waals surface area (Å²) in [6, 6.07) is 7.04. The van der Waals surface area contributed by atoms with Crippen LogP contribution in [0.3, 0.4) is 0 Å². The molecule has 1 saturated heterocycles. The quantitative estimate of drug-likeness (QED) is 0.571. The number of nitrogens with one attached hydrogen (secondary N) is 1. The molecule has 0 atom stereocenters. The van der Waals surface area contributed by atoms with Gasteiger partial charge in [0.1, 0.15) is 10.5 Å². The van der Waals surface area contributed by atoms with Crippen molar-refractivity contribution in [2.24, 2.45) is 7.05 Å². The molecule has 170 valence electrons. The number of aryl methyl sites for hydroxylation is 1. The van der Waals surface area contributed by atoms with E-state index in [2.05, 4.69) is 32.1 Å². The van der Waals surface area contributed by atoms with Crippen molar-refractivity contribution in [3.8, 4) is 0 Å². The van der Waals surface area contributed by atoms with Gasteiger partial charge in [-0.2, -0.15) is 4.98 Å². The first-order valence-corrected chi connectivity index (χ1v) is 12.1. The van der Waals surface area contributed by atoms with Crippen LogP contribution in [0.2, 0.25) is 5.02 Å². The molecular formula is C21H25ClN6O3S. The normalized spacial score (nSPS) is 15.8. The zero-order valence-corrected chi connectivity index (χ0v) is 19.5. The average Bonchev–Trinajstić information content (AvgIpc) is 2.78. The van der Waals surface area contributed by atoms with Crippen LogP contribution in [0, 0.1) is 0 Å². The molecule has 32 heavy (non-hydrogen) atoms. The molecule has 3 heterocycles. The number of sulfone groups is 1. The standard InChI is InChI=1S/C21H25ClN6O3S/c1-26-9-11-28(12-10-26)8-7-23-21-24-14-15-13-18(20(29)27(2)19(15)25-21)32(30,31)17-5-3-16(22)4-6-17/h3-6,13-14H,7-12H2,1-2H3,(H,23,24,25). The van der Waals surface area contributed by atoms with Crippen LogP contribution >= 0.6 is 11.6 Å². The summed E-state index contributed by atoms with van der Waals surface area (Å²) >= 11 is 5.86. The Bertz CT molecular complexity index is 1290. The number of hydrogen-bond acceptors (Lipinski definition) is 8. The smallest absolute Gasteiger partial charge is 0.271 e. The summed E-state index contributed by atoms with van der Waals surface area (Å²) in [5.41, 5.74) is -0.281. The fourth-order valence-electron chi connectivity index (χ4n) is 3.63. The topological polar surface area (TPSA) is 100 Å². The number of piperazine rings is 1. The number of rotatable bonds is 6. The minimum atomic E-state index is -4.01. The Kier molecular flexibility index (Phi) is 6.47. The lowest BCUT2D eigenvalue weighted by Crippen LogP contribution is -2.45. The number of anilines is 1. The monoisotopic (exact) mass is 476 g/mol. The van der Waals surface area contributed by atoms with Gasteiger partial charge in [-0.15, -0.1) is 0 Å². The number of pyridine rings is 1. The lowest BCUT2D eigenvalue weighted by molar-refractivity contribution is 0.158. The summed E-state index contributed by atoms with van der Waals surface area (Å²) in [6.07, 6.45) is 1.53. The molecule has 1 fully saturated rings. The molecule has 0 amide bonds. The highest BCUT2D eigenvalue weighted by Gasteiger charge is 2.24. The lowest BCUT2D eigenvalue weighted by atomic mass is 10.3. The maximum absolute atomic E-state index is 13.0. The molecule has 2 aromatic heterocycles. The van der Waals surface area contributed by atoms with Crippen molar-refractivity contribution in [3.05, 3.63) is 51.9 Å². The summed E-state index contributed by atoms with van der Waals surface area (Å²) in [6.45, 7) is 5.69. The highest BCUT2D eigenvalue weighted by molar-refractivity contribution is 7.91. The van der Waals surface area contributed by atoms with Crippen LogP contribution in [0.15, 0.2) is 51.1 Å². The maximum atomic E-state index is 13.0. The third-order valence-electron chi connectivity index (χ3n) is 5.64. The van der Waals surface area contributed by atoms with Crippen LogP contribution in [0.1, 0.15) is 0 Å². The fourth-order valence-corrected chi connectivity index (χ4v) is 5.16. The van der Waals surface area contributed by atoms with Gasteiger partial charge in [0.25, 0.3) is 5.56 Å². The third kappa shape index (κ3) is 4.63. The van der Waals surface area contributed by atoms with Crippen LogP contribution in [0.4, 0.5) is 5.95 Å². The molecule has 0 unspecified atom stereocenters. The molecule has 1 aromatic carbocycles. The van der Waals surface area contributed by atoms with Gasteiger partial charge < -0.3 is 10.2 Å². The van der Waals surface area contributed by atoms with E-state index >= 15 is 0 Å². The molecule has 4 rings (SSSR count). The number of nitrogens with zero attached hydrogens (tertiary/aromatic N) is 5. The molecule has 0 spiro atoms. The second kappa shape index (κ2) is 9.14. The van der Waals surface area contributed by atoms with Crippen molar-refractivity contribution in [1.29, 1.82) is 0 Å². The summed E-state index contributed by atoms with van der Waals surface area (Å²) in [7, 11) is -0.387. The number of hydrogen-bond donors (Lipinski definition) is 1. The number of aromatic nitrogens is 3. The first-order chi connectivity index (χ1) is 15.3. The first kappa shape index (κ1) is 22.7. The van der Waals surface area contributed by atoms with Crippen molar-refractivity contribution >= 4 is 38.4 Å². The molecular weight excluding hydrogens is 452 g/mol. The van der Waals surface area contributed by atoms with E-state index in [-0.39, 0.29) is 9.79 Å². The zero-order valence-electron chi connectivity index (χ0n) is 18.0. The van der Waals surface area contributed by atoms with Crippen molar-refractivity contribution in [3.63, 3.8) is 0 Å². The molecule has 3 aromatic rings. The molecule has 1 aliphatic heterocycles. The summed E-state index contributed by atoms with van der Waals surface area (Å²) in [4.78, 5) is 26.0. The van der Waals surface area contributed by atoms with Crippen molar-refractivity contribution < 1.29 is 8.42 Å². The van der Waals surface area contributed by atoms with Crippen LogP contribution in [-0.4, -0.2) is 79.1 Å². The summed E-state index contributed by atoms with van der Waals surface area (Å²) in [5, 5.41) is 4.07. The van der Waals surface area contributed by atoms with E-state index in [0.29, 0.717) is 28.5 Å². The van der Waals surface area contributed by atoms with Crippen molar-refractivity contribution in [2.75, 3.05) is 51.6 Å². The van der Waals surface area contributed by atoms with E-state index in [1.165, 1.54) is 48.1 Å². The summed E-state index contributed by atoms with van der Waals surface area (Å²) in [5.74, 6) is 0.398. The number of benzene rings is 1. The van der Waals surface area contributed by atoms with Gasteiger partial charge in [0.2, 0.25) is 15.8 Å². The van der Waals surface area contributed by atoms with Gasteiger partial charge in [-0.05, 0) is 37.4 Å². The molecule has 0 bridgehead atoms. The number of fused-ring (bicyclic) bond motifs is 1. The summed E-state index contributed by atoms with van der Waals surface area (Å²) < 4.78 is 27.3. The Morgan fingerprint density at radius 3 is 2.47 bits per heavy atom. The van der Waals surface area contributed by atoms with E-state index < -0.39 is 15.4 Å². The van der Waals surface area contributed by atoms with Gasteiger partial charge in [0.15, 0.2) is 0 Å². The van der Waals surface area contributed by atoms with E-state index in [9.17, 15) is 13.2 Å². The minimum Gasteiger partial charge on any atom is -0.353 e. The van der Waals surface area contributed by atoms with Crippen LogP contribution in [0.25, 0.3) is 11.0 Å². The van der Waals surface area contributed by atoms with Crippen molar-refractivity contribution in [2.45, 2.75) is 9.79 Å². The highest BCUT2D eigenvalue weighted by atomic mass is 35.5. The van der Waals surface area contributed by atoms with Crippen LogP contribution < -0.4 is 10.9 Å². The molecule has 1 N–H and O–H groups in total. The highest BCUT2D eigenvalue weighted by Crippen LogP contribution is 2.22. The van der Waals surface area contributed by atoms with Crippen LogP contribution in [0.5, 0.6) is 0 Å². The maximum Gasteiger partial charge on any atom is 0.271 e. The van der Waals surface area contributed by atoms with Crippen LogP contribution in [-0.2, 0) is 16.9 Å². The van der Waals surface area contributed by atoms with Gasteiger partial charge in [-0.3, -0.25) is 14.3 Å². The second-order valence-corrected chi connectivity index (χ2v) is 10.2. The predicted octanol–water partition coefficient (Wildman–Crippen LogP) is 1.47. The van der Waals surface area contributed by atoms with E-state index in [1.54, 1.807) is 0 Å². The van der Waals surface area contributed by atoms with Crippen molar-refractivity contribution in [1.82, 2.24) is 24.3 Å². The molecule has 0 radical (unpaired) electrons. The van der Waals surface area contributed by atoms with E-state index in [1.807, 2.05) is 0 Å². The van der Waals surface area contributed by atoms with Gasteiger partial charge >= 0.3 is 0 Å². The molecule has 0 saturated carbocycles. The Balaban J connectivity index is 1.57. The molecule has 11 heteroatoms. The average molecular weight is 477 g/mol. The van der Waals surface area contributed by atoms with Gasteiger partial charge in [-0.25, -0.2) is 13.4 Å². The largest absolute Gasteiger partial charge is 0.353 e. The molecule has 9 nitrogen and oxygen atoms in total. The SMILES string of the molecule is CN1CCN(CCNc2ncc3cc(S(=O)(=O)c4ccc(Cl)cc4)c(=O)n(C)c3n2)CC1. The van der Waals surface area contributed by atoms with Gasteiger partial charge in [0.05, 0.1) is 4.90 Å². The Hall–Kier alpha value is -2.53. The fraction of sp³-hybridized carbons (Fsp3) is 0.381. The number of likely N-dealkylation sites (N-methyl/N-ethyl adjacent to an activating group) is 1. The van der Waals surface area contributed by atoms with Gasteiger partial charge in [0, 0.05) is 62.9 Å². The van der Waals surface area contributed by atoms with E-state index in [4.69, 9.17) is 11.6 Å². The lowest BCUT2D eigenvalue weighted by Gasteiger charge is -2.32. The van der Waals surface area contributed by atoms with Gasteiger partial charge in [-0.1, -0.05) is 11.6 Å². The second-order valence-electron chi connectivity index (χ2n) is 7.87.